The minimum atomic E-state index is -0.309. The maximum absolute atomic E-state index is 13.6. The van der Waals surface area contributed by atoms with Gasteiger partial charge in [-0.3, -0.25) is 9.67 Å². The molecule has 0 saturated heterocycles. The highest BCUT2D eigenvalue weighted by Crippen LogP contribution is 2.24. The van der Waals surface area contributed by atoms with E-state index in [1.54, 1.807) is 23.1 Å². The van der Waals surface area contributed by atoms with Gasteiger partial charge in [0.1, 0.15) is 5.82 Å². The van der Waals surface area contributed by atoms with Gasteiger partial charge >= 0.3 is 0 Å². The lowest BCUT2D eigenvalue weighted by atomic mass is 10.1. The Bertz CT molecular complexity index is 748. The molecule has 0 bridgehead atoms. The van der Waals surface area contributed by atoms with Crippen LogP contribution in [-0.4, -0.2) is 14.8 Å². The third-order valence-electron chi connectivity index (χ3n) is 3.11. The number of aryl methyl sites for hydroxylation is 1. The Kier molecular flexibility index (Phi) is 2.76. The van der Waals surface area contributed by atoms with Gasteiger partial charge in [0.25, 0.3) is 0 Å². The van der Waals surface area contributed by atoms with Crippen LogP contribution in [0.3, 0.4) is 0 Å². The first-order valence-electron chi connectivity index (χ1n) is 5.94. The molecule has 2 N–H and O–H groups in total. The maximum atomic E-state index is 13.6. The van der Waals surface area contributed by atoms with Crippen molar-refractivity contribution in [3.63, 3.8) is 0 Å². The Balaban J connectivity index is 2.17. The molecule has 1 aromatic carbocycles. The van der Waals surface area contributed by atoms with Crippen molar-refractivity contribution >= 4 is 10.9 Å². The topological polar surface area (TPSA) is 56.7 Å². The number of aromatic nitrogens is 3. The van der Waals surface area contributed by atoms with Crippen LogP contribution in [0.4, 0.5) is 4.39 Å². The lowest BCUT2D eigenvalue weighted by molar-refractivity contribution is 0.612. The average molecular weight is 256 g/mol. The average Bonchev–Trinajstić information content (AvgIpc) is 2.84. The number of pyridine rings is 1. The number of benzene rings is 1. The largest absolute Gasteiger partial charge is 0.326 e. The highest BCUT2D eigenvalue weighted by atomic mass is 19.1. The third-order valence-corrected chi connectivity index (χ3v) is 3.11. The van der Waals surface area contributed by atoms with Crippen LogP contribution in [0.2, 0.25) is 0 Å². The van der Waals surface area contributed by atoms with E-state index in [2.05, 4.69) is 10.1 Å². The van der Waals surface area contributed by atoms with E-state index < -0.39 is 0 Å². The summed E-state index contributed by atoms with van der Waals surface area (Å²) in [6.07, 6.45) is 5.41. The van der Waals surface area contributed by atoms with Gasteiger partial charge in [-0.25, -0.2) is 4.39 Å². The van der Waals surface area contributed by atoms with Gasteiger partial charge in [-0.2, -0.15) is 5.10 Å². The van der Waals surface area contributed by atoms with E-state index in [-0.39, 0.29) is 12.4 Å². The number of hydrogen-bond donors (Lipinski definition) is 1. The number of halogens is 1. The molecule has 0 amide bonds. The summed E-state index contributed by atoms with van der Waals surface area (Å²) < 4.78 is 15.3. The first-order valence-corrected chi connectivity index (χ1v) is 5.94. The van der Waals surface area contributed by atoms with E-state index in [0.717, 1.165) is 16.5 Å². The fourth-order valence-electron chi connectivity index (χ4n) is 2.08. The van der Waals surface area contributed by atoms with Crippen molar-refractivity contribution in [2.75, 3.05) is 0 Å². The molecule has 0 aliphatic rings. The standard InChI is InChI=1S/C14H13FN4/c1-19-8-12(7-18-19)11-3-9-2-10(5-16)13(15)4-14(9)17-6-11/h2-4,6-8H,5,16H2,1H3. The number of fused-ring (bicyclic) bond motifs is 1. The smallest absolute Gasteiger partial charge is 0.129 e. The molecular formula is C14H13FN4. The molecule has 3 aromatic rings. The van der Waals surface area contributed by atoms with E-state index in [9.17, 15) is 4.39 Å². The molecule has 3 rings (SSSR count). The molecule has 0 aliphatic heterocycles. The predicted molar refractivity (Wildman–Crippen MR) is 71.8 cm³/mol. The van der Waals surface area contributed by atoms with Crippen molar-refractivity contribution in [1.29, 1.82) is 0 Å². The molecule has 2 aromatic heterocycles. The summed E-state index contributed by atoms with van der Waals surface area (Å²) >= 11 is 0. The lowest BCUT2D eigenvalue weighted by Crippen LogP contribution is -2.00. The number of nitrogens with two attached hydrogens (primary N) is 1. The van der Waals surface area contributed by atoms with E-state index in [1.807, 2.05) is 19.3 Å². The van der Waals surface area contributed by atoms with Gasteiger partial charge in [0, 0.05) is 54.1 Å². The monoisotopic (exact) mass is 256 g/mol. The number of nitrogens with zero attached hydrogens (tertiary/aromatic N) is 3. The van der Waals surface area contributed by atoms with Crippen molar-refractivity contribution < 1.29 is 4.39 Å². The van der Waals surface area contributed by atoms with E-state index in [4.69, 9.17) is 5.73 Å². The number of rotatable bonds is 2. The minimum absolute atomic E-state index is 0.179. The summed E-state index contributed by atoms with van der Waals surface area (Å²) in [5.74, 6) is -0.309. The molecule has 0 saturated carbocycles. The van der Waals surface area contributed by atoms with E-state index in [0.29, 0.717) is 11.1 Å². The van der Waals surface area contributed by atoms with Gasteiger partial charge in [-0.05, 0) is 12.1 Å². The van der Waals surface area contributed by atoms with Crippen LogP contribution < -0.4 is 5.73 Å². The molecule has 0 radical (unpaired) electrons. The molecule has 5 heteroatoms. The molecule has 0 fully saturated rings. The Morgan fingerprint density at radius 3 is 2.74 bits per heavy atom. The summed E-state index contributed by atoms with van der Waals surface area (Å²) in [6, 6.07) is 5.14. The summed E-state index contributed by atoms with van der Waals surface area (Å²) in [4.78, 5) is 4.29. The van der Waals surface area contributed by atoms with Gasteiger partial charge in [-0.1, -0.05) is 0 Å². The van der Waals surface area contributed by atoms with Crippen LogP contribution in [0.15, 0.2) is 36.8 Å². The van der Waals surface area contributed by atoms with Gasteiger partial charge in [-0.15, -0.1) is 0 Å². The lowest BCUT2D eigenvalue weighted by Gasteiger charge is -2.04. The first kappa shape index (κ1) is 11.8. The zero-order valence-electron chi connectivity index (χ0n) is 10.5. The second-order valence-corrected chi connectivity index (χ2v) is 4.47. The zero-order chi connectivity index (χ0) is 13.4. The Morgan fingerprint density at radius 1 is 1.21 bits per heavy atom. The van der Waals surface area contributed by atoms with E-state index >= 15 is 0 Å². The molecule has 4 nitrogen and oxygen atoms in total. The Morgan fingerprint density at radius 2 is 2.05 bits per heavy atom. The van der Waals surface area contributed by atoms with Crippen LogP contribution in [0, 0.1) is 5.82 Å². The normalized spacial score (nSPS) is 11.1. The molecule has 2 heterocycles. The molecule has 0 aliphatic carbocycles. The van der Waals surface area contributed by atoms with Gasteiger partial charge in [0.15, 0.2) is 0 Å². The fourth-order valence-corrected chi connectivity index (χ4v) is 2.08. The van der Waals surface area contributed by atoms with Crippen molar-refractivity contribution in [1.82, 2.24) is 14.8 Å². The van der Waals surface area contributed by atoms with Gasteiger partial charge < -0.3 is 5.73 Å². The fraction of sp³-hybridized carbons (Fsp3) is 0.143. The van der Waals surface area contributed by atoms with Crippen LogP contribution in [0.1, 0.15) is 5.56 Å². The summed E-state index contributed by atoms with van der Waals surface area (Å²) in [5.41, 5.74) is 8.58. The summed E-state index contributed by atoms with van der Waals surface area (Å²) in [6.45, 7) is 0.179. The SMILES string of the molecule is Cn1cc(-c2cnc3cc(F)c(CN)cc3c2)cn1. The molecule has 96 valence electrons. The zero-order valence-corrected chi connectivity index (χ0v) is 10.5. The molecule has 19 heavy (non-hydrogen) atoms. The second kappa shape index (κ2) is 4.44. The van der Waals surface area contributed by atoms with Crippen LogP contribution in [-0.2, 0) is 13.6 Å². The van der Waals surface area contributed by atoms with Crippen molar-refractivity contribution in [2.24, 2.45) is 12.8 Å². The highest BCUT2D eigenvalue weighted by molar-refractivity contribution is 5.84. The molecular weight excluding hydrogens is 243 g/mol. The minimum Gasteiger partial charge on any atom is -0.326 e. The highest BCUT2D eigenvalue weighted by Gasteiger charge is 2.07. The first-order chi connectivity index (χ1) is 9.17. The third kappa shape index (κ3) is 2.08. The van der Waals surface area contributed by atoms with Crippen molar-refractivity contribution in [3.8, 4) is 11.1 Å². The van der Waals surface area contributed by atoms with Gasteiger partial charge in [0.2, 0.25) is 0 Å². The van der Waals surface area contributed by atoms with Crippen LogP contribution in [0.25, 0.3) is 22.0 Å². The quantitative estimate of drug-likeness (QED) is 0.765. The molecule has 0 spiro atoms. The summed E-state index contributed by atoms with van der Waals surface area (Å²) in [5, 5.41) is 5.01. The van der Waals surface area contributed by atoms with Crippen LogP contribution >= 0.6 is 0 Å². The van der Waals surface area contributed by atoms with Gasteiger partial charge in [0.05, 0.1) is 11.7 Å². The van der Waals surface area contributed by atoms with E-state index in [1.165, 1.54) is 6.07 Å². The van der Waals surface area contributed by atoms with Crippen LogP contribution in [0.5, 0.6) is 0 Å². The summed E-state index contributed by atoms with van der Waals surface area (Å²) in [7, 11) is 1.86. The Labute approximate surface area is 109 Å². The molecule has 0 unspecified atom stereocenters. The van der Waals surface area contributed by atoms with Crippen molar-refractivity contribution in [2.45, 2.75) is 6.54 Å². The maximum Gasteiger partial charge on any atom is 0.129 e. The predicted octanol–water partition coefficient (Wildman–Crippen LogP) is 2.23. The Hall–Kier alpha value is -2.27. The second-order valence-electron chi connectivity index (χ2n) is 4.47. The van der Waals surface area contributed by atoms with Crippen molar-refractivity contribution in [3.05, 3.63) is 48.2 Å². The molecule has 0 atom stereocenters. The number of hydrogen-bond acceptors (Lipinski definition) is 3.